The number of nitrogens with zero attached hydrogens (tertiary/aromatic N) is 6. The third kappa shape index (κ3) is 4.48. The molecule has 0 bridgehead atoms. The van der Waals surface area contributed by atoms with Crippen molar-refractivity contribution >= 4 is 39.2 Å². The first-order valence-corrected chi connectivity index (χ1v) is 11.4. The smallest absolute Gasteiger partial charge is 0.253 e. The molecule has 0 atom stereocenters. The Hall–Kier alpha value is -3.63. The molecule has 5 rings (SSSR count). The Morgan fingerprint density at radius 1 is 1.15 bits per heavy atom. The van der Waals surface area contributed by atoms with E-state index in [2.05, 4.69) is 20.9 Å². The van der Waals surface area contributed by atoms with Gasteiger partial charge in [0.2, 0.25) is 5.95 Å². The topological polar surface area (TPSA) is 110 Å². The molecule has 10 heteroatoms. The van der Waals surface area contributed by atoms with Crippen LogP contribution in [0, 0.1) is 0 Å². The van der Waals surface area contributed by atoms with E-state index in [1.807, 2.05) is 37.4 Å². The number of nitrogen functional groups attached to an aromatic ring is 1. The van der Waals surface area contributed by atoms with Gasteiger partial charge in [-0.3, -0.25) is 4.79 Å². The summed E-state index contributed by atoms with van der Waals surface area (Å²) in [4.78, 5) is 36.4. The standard InChI is InChI=1S/C23H23N7O2S/c1-29(22(31)15-5-3-2-4-6-15)14-17-11-18-20(30-7-9-32-10-8-30)27-19(28-21(18)33-17)16-12-25-23(24)26-13-16/h2-6,11-13H,7-10,14H2,1H3,(H2,24,25,26). The molecule has 0 saturated carbocycles. The second-order valence-electron chi connectivity index (χ2n) is 7.76. The highest BCUT2D eigenvalue weighted by Gasteiger charge is 2.21. The van der Waals surface area contributed by atoms with Crippen molar-refractivity contribution in [3.8, 4) is 11.4 Å². The van der Waals surface area contributed by atoms with E-state index < -0.39 is 0 Å². The molecule has 1 saturated heterocycles. The number of nitrogens with two attached hydrogens (primary N) is 1. The van der Waals surface area contributed by atoms with Crippen molar-refractivity contribution in [3.63, 3.8) is 0 Å². The zero-order chi connectivity index (χ0) is 22.8. The molecule has 2 N–H and O–H groups in total. The maximum Gasteiger partial charge on any atom is 0.253 e. The van der Waals surface area contributed by atoms with E-state index in [-0.39, 0.29) is 11.9 Å². The number of amides is 1. The Bertz CT molecular complexity index is 1270. The average Bonchev–Trinajstić information content (AvgIpc) is 3.26. The van der Waals surface area contributed by atoms with Gasteiger partial charge in [0, 0.05) is 43.0 Å². The van der Waals surface area contributed by atoms with E-state index in [1.165, 1.54) is 0 Å². The fraction of sp³-hybridized carbons (Fsp3) is 0.261. The van der Waals surface area contributed by atoms with Crippen LogP contribution in [0.5, 0.6) is 0 Å². The number of hydrogen-bond donors (Lipinski definition) is 1. The number of benzene rings is 1. The normalized spacial score (nSPS) is 13.9. The largest absolute Gasteiger partial charge is 0.378 e. The lowest BCUT2D eigenvalue weighted by molar-refractivity contribution is 0.0786. The average molecular weight is 462 g/mol. The Kier molecular flexibility index (Phi) is 5.84. The summed E-state index contributed by atoms with van der Waals surface area (Å²) < 4.78 is 5.53. The van der Waals surface area contributed by atoms with Crippen molar-refractivity contribution in [1.82, 2.24) is 24.8 Å². The molecule has 3 aromatic heterocycles. The van der Waals surface area contributed by atoms with Crippen LogP contribution in [-0.2, 0) is 11.3 Å². The van der Waals surface area contributed by atoms with Gasteiger partial charge < -0.3 is 20.3 Å². The summed E-state index contributed by atoms with van der Waals surface area (Å²) in [6.45, 7) is 3.29. The molecule has 0 spiro atoms. The summed E-state index contributed by atoms with van der Waals surface area (Å²) >= 11 is 1.56. The van der Waals surface area contributed by atoms with Crippen molar-refractivity contribution < 1.29 is 9.53 Å². The second kappa shape index (κ2) is 9.08. The van der Waals surface area contributed by atoms with Gasteiger partial charge in [0.05, 0.1) is 30.7 Å². The predicted molar refractivity (Wildman–Crippen MR) is 128 cm³/mol. The number of anilines is 2. The van der Waals surface area contributed by atoms with Gasteiger partial charge in [0.25, 0.3) is 5.91 Å². The highest BCUT2D eigenvalue weighted by atomic mass is 32.1. The third-order valence-corrected chi connectivity index (χ3v) is 6.44. The highest BCUT2D eigenvalue weighted by Crippen LogP contribution is 2.34. The van der Waals surface area contributed by atoms with E-state index >= 15 is 0 Å². The first-order valence-electron chi connectivity index (χ1n) is 10.6. The molecule has 33 heavy (non-hydrogen) atoms. The molecule has 1 aliphatic rings. The molecule has 1 amide bonds. The van der Waals surface area contributed by atoms with Gasteiger partial charge in [-0.25, -0.2) is 19.9 Å². The van der Waals surface area contributed by atoms with Crippen molar-refractivity contribution in [2.45, 2.75) is 6.54 Å². The van der Waals surface area contributed by atoms with Crippen LogP contribution < -0.4 is 10.6 Å². The van der Waals surface area contributed by atoms with E-state index in [1.54, 1.807) is 28.6 Å². The van der Waals surface area contributed by atoms with Crippen molar-refractivity contribution in [1.29, 1.82) is 0 Å². The zero-order valence-electron chi connectivity index (χ0n) is 18.1. The Morgan fingerprint density at radius 2 is 1.88 bits per heavy atom. The number of carbonyl (C=O) groups excluding carboxylic acids is 1. The number of fused-ring (bicyclic) bond motifs is 1. The molecular weight excluding hydrogens is 438 g/mol. The number of carbonyl (C=O) groups is 1. The number of ether oxygens (including phenoxy) is 1. The van der Waals surface area contributed by atoms with Crippen LogP contribution in [-0.4, -0.2) is 64.1 Å². The molecule has 9 nitrogen and oxygen atoms in total. The van der Waals surface area contributed by atoms with Crippen LogP contribution in [0.15, 0.2) is 48.8 Å². The molecule has 4 heterocycles. The molecule has 1 fully saturated rings. The summed E-state index contributed by atoms with van der Waals surface area (Å²) in [5, 5.41) is 0.970. The van der Waals surface area contributed by atoms with E-state index in [0.717, 1.165) is 34.0 Å². The van der Waals surface area contributed by atoms with Gasteiger partial charge in [0.1, 0.15) is 10.6 Å². The van der Waals surface area contributed by atoms with Crippen LogP contribution in [0.25, 0.3) is 21.6 Å². The molecule has 0 radical (unpaired) electrons. The first-order chi connectivity index (χ1) is 16.1. The van der Waals surface area contributed by atoms with Crippen LogP contribution in [0.4, 0.5) is 11.8 Å². The van der Waals surface area contributed by atoms with Crippen molar-refractivity contribution in [2.75, 3.05) is 44.0 Å². The fourth-order valence-electron chi connectivity index (χ4n) is 3.74. The SMILES string of the molecule is CN(Cc1cc2c(N3CCOCC3)nc(-c3cnc(N)nc3)nc2s1)C(=O)c1ccccc1. The zero-order valence-corrected chi connectivity index (χ0v) is 19.0. The quantitative estimate of drug-likeness (QED) is 0.483. The number of aromatic nitrogens is 4. The first kappa shape index (κ1) is 21.2. The Balaban J connectivity index is 1.51. The molecular formula is C23H23N7O2S. The lowest BCUT2D eigenvalue weighted by Crippen LogP contribution is -2.37. The van der Waals surface area contributed by atoms with Crippen LogP contribution in [0.3, 0.4) is 0 Å². The van der Waals surface area contributed by atoms with Gasteiger partial charge in [-0.15, -0.1) is 11.3 Å². The lowest BCUT2D eigenvalue weighted by atomic mass is 10.2. The number of hydrogen-bond acceptors (Lipinski definition) is 9. The van der Waals surface area contributed by atoms with Gasteiger partial charge in [-0.05, 0) is 18.2 Å². The molecule has 0 aliphatic carbocycles. The lowest BCUT2D eigenvalue weighted by Gasteiger charge is -2.28. The minimum atomic E-state index is -0.0211. The number of thiophene rings is 1. The van der Waals surface area contributed by atoms with Gasteiger partial charge >= 0.3 is 0 Å². The fourth-order valence-corrected chi connectivity index (χ4v) is 4.82. The van der Waals surface area contributed by atoms with E-state index in [4.69, 9.17) is 20.4 Å². The maximum atomic E-state index is 12.8. The van der Waals surface area contributed by atoms with Crippen LogP contribution in [0.1, 0.15) is 15.2 Å². The Labute approximate surface area is 194 Å². The summed E-state index contributed by atoms with van der Waals surface area (Å²) in [6.07, 6.45) is 3.26. The van der Waals surface area contributed by atoms with Crippen molar-refractivity contribution in [3.05, 3.63) is 59.2 Å². The monoisotopic (exact) mass is 461 g/mol. The molecule has 1 aromatic carbocycles. The van der Waals surface area contributed by atoms with Gasteiger partial charge in [-0.1, -0.05) is 18.2 Å². The van der Waals surface area contributed by atoms with Crippen LogP contribution in [0.2, 0.25) is 0 Å². The van der Waals surface area contributed by atoms with E-state index in [0.29, 0.717) is 36.7 Å². The predicted octanol–water partition coefficient (Wildman–Crippen LogP) is 2.84. The summed E-state index contributed by atoms with van der Waals surface area (Å²) in [5.74, 6) is 1.59. The molecule has 4 aromatic rings. The second-order valence-corrected chi connectivity index (χ2v) is 8.87. The van der Waals surface area contributed by atoms with Gasteiger partial charge in [-0.2, -0.15) is 0 Å². The summed E-state index contributed by atoms with van der Waals surface area (Å²) in [5.41, 5.74) is 7.01. The number of morpholine rings is 1. The number of rotatable bonds is 5. The maximum absolute atomic E-state index is 12.8. The van der Waals surface area contributed by atoms with Crippen LogP contribution >= 0.6 is 11.3 Å². The molecule has 1 aliphatic heterocycles. The highest BCUT2D eigenvalue weighted by molar-refractivity contribution is 7.18. The summed E-state index contributed by atoms with van der Waals surface area (Å²) in [6, 6.07) is 11.4. The molecule has 168 valence electrons. The Morgan fingerprint density at radius 3 is 2.61 bits per heavy atom. The molecule has 0 unspecified atom stereocenters. The van der Waals surface area contributed by atoms with E-state index in [9.17, 15) is 4.79 Å². The van der Waals surface area contributed by atoms with Crippen molar-refractivity contribution in [2.24, 2.45) is 0 Å². The third-order valence-electron chi connectivity index (χ3n) is 5.42. The minimum Gasteiger partial charge on any atom is -0.378 e. The van der Waals surface area contributed by atoms with Gasteiger partial charge in [0.15, 0.2) is 5.82 Å². The summed E-state index contributed by atoms with van der Waals surface area (Å²) in [7, 11) is 1.81. The minimum absolute atomic E-state index is 0.0211.